The molecule has 41 heavy (non-hydrogen) atoms. The summed E-state index contributed by atoms with van der Waals surface area (Å²) in [5.74, 6) is 0.337. The average molecular weight is 591 g/mol. The second kappa shape index (κ2) is 13.0. The molecule has 3 N–H and O–H groups in total. The monoisotopic (exact) mass is 590 g/mol. The van der Waals surface area contributed by atoms with Crippen LogP contribution in [-0.2, 0) is 10.1 Å². The number of hydrogen-bond acceptors (Lipinski definition) is 10. The molecule has 4 aromatic rings. The van der Waals surface area contributed by atoms with E-state index in [0.717, 1.165) is 11.0 Å². The zero-order chi connectivity index (χ0) is 29.4. The number of amides is 2. The molecule has 12 nitrogen and oxygen atoms in total. The summed E-state index contributed by atoms with van der Waals surface area (Å²) in [7, 11) is -2.95. The number of methoxy groups -OCH3 is 1. The van der Waals surface area contributed by atoms with Crippen molar-refractivity contribution in [2.45, 2.75) is 9.79 Å². The summed E-state index contributed by atoms with van der Waals surface area (Å²) in [6.07, 6.45) is 0.539. The number of nitrogens with one attached hydrogen (secondary N) is 2. The van der Waals surface area contributed by atoms with Gasteiger partial charge in [-0.05, 0) is 66.7 Å². The zero-order valence-electron chi connectivity index (χ0n) is 21.3. The highest BCUT2D eigenvalue weighted by Crippen LogP contribution is 2.31. The smallest absolute Gasteiger partial charge is 0.323 e. The summed E-state index contributed by atoms with van der Waals surface area (Å²) in [4.78, 5) is 24.8. The fourth-order valence-electron chi connectivity index (χ4n) is 3.44. The molecule has 0 aromatic heterocycles. The first-order valence-electron chi connectivity index (χ1n) is 11.7. The van der Waals surface area contributed by atoms with E-state index in [1.54, 1.807) is 30.3 Å². The summed E-state index contributed by atoms with van der Waals surface area (Å²) < 4.78 is 37.2. The molecule has 0 atom stereocenters. The maximum atomic E-state index is 12.7. The van der Waals surface area contributed by atoms with Gasteiger partial charge in [-0.25, -0.2) is 4.79 Å². The molecule has 0 aliphatic carbocycles. The van der Waals surface area contributed by atoms with Crippen molar-refractivity contribution < 1.29 is 27.3 Å². The minimum Gasteiger partial charge on any atom is -0.494 e. The number of ether oxygens (including phenoxy) is 1. The van der Waals surface area contributed by atoms with Crippen LogP contribution in [0.25, 0.3) is 0 Å². The molecule has 208 valence electrons. The van der Waals surface area contributed by atoms with Gasteiger partial charge in [0.15, 0.2) is 6.29 Å². The molecule has 2 amide bonds. The van der Waals surface area contributed by atoms with Gasteiger partial charge in [-0.1, -0.05) is 12.1 Å². The molecular weight excluding hydrogens is 568 g/mol. The van der Waals surface area contributed by atoms with Crippen molar-refractivity contribution in [2.75, 3.05) is 17.7 Å². The van der Waals surface area contributed by atoms with Crippen LogP contribution in [0.15, 0.2) is 115 Å². The van der Waals surface area contributed by atoms with Gasteiger partial charge in [0.1, 0.15) is 5.75 Å². The minimum atomic E-state index is -4.39. The van der Waals surface area contributed by atoms with E-state index in [0.29, 0.717) is 29.1 Å². The number of rotatable bonds is 9. The molecule has 0 heterocycles. The number of azo groups is 2. The summed E-state index contributed by atoms with van der Waals surface area (Å²) >= 11 is 4.28. The van der Waals surface area contributed by atoms with E-state index in [9.17, 15) is 22.6 Å². The quantitative estimate of drug-likeness (QED) is 0.0679. The average Bonchev–Trinajstić information content (AvgIpc) is 2.95. The molecule has 14 heteroatoms. The molecule has 0 spiro atoms. The predicted octanol–water partition coefficient (Wildman–Crippen LogP) is 7.52. The Balaban J connectivity index is 1.44. The third kappa shape index (κ3) is 8.04. The Hall–Kier alpha value is -4.92. The normalized spacial score (nSPS) is 11.5. The van der Waals surface area contributed by atoms with E-state index in [-0.39, 0.29) is 27.5 Å². The third-order valence-electron chi connectivity index (χ3n) is 5.35. The van der Waals surface area contributed by atoms with Crippen LogP contribution in [-0.4, -0.2) is 32.4 Å². The standard InChI is InChI=1S/C27H22N6O6S2/c1-39-26-15-21(33-30-18-4-2-6-22(40)13-18)9-11-25(26)29-27(35)28-24-10-8-20(12-17(24)16-34)32-31-19-5-3-7-23(14-19)41(36,37)38/h2-16,40H,1H3,(H2,28,29,35)(H,36,37,38). The summed E-state index contributed by atoms with van der Waals surface area (Å²) in [5.41, 5.74) is 2.24. The lowest BCUT2D eigenvalue weighted by Crippen LogP contribution is -2.20. The number of carbonyl (C=O) groups excluding carboxylic acids is 2. The zero-order valence-corrected chi connectivity index (χ0v) is 23.0. The van der Waals surface area contributed by atoms with Crippen LogP contribution in [0, 0.1) is 0 Å². The molecular formula is C27H22N6O6S2. The maximum Gasteiger partial charge on any atom is 0.323 e. The third-order valence-corrected chi connectivity index (χ3v) is 6.48. The Morgan fingerprint density at radius 2 is 1.37 bits per heavy atom. The van der Waals surface area contributed by atoms with Gasteiger partial charge in [0.25, 0.3) is 10.1 Å². The van der Waals surface area contributed by atoms with Crippen LogP contribution in [0.1, 0.15) is 10.4 Å². The summed E-state index contributed by atoms with van der Waals surface area (Å²) in [5, 5.41) is 21.5. The highest BCUT2D eigenvalue weighted by Gasteiger charge is 2.12. The largest absolute Gasteiger partial charge is 0.494 e. The molecule has 4 rings (SSSR count). The summed E-state index contributed by atoms with van der Waals surface area (Å²) in [6.45, 7) is 0. The molecule has 0 aliphatic rings. The van der Waals surface area contributed by atoms with Crippen molar-refractivity contribution in [1.29, 1.82) is 0 Å². The topological polar surface area (TPSA) is 171 Å². The van der Waals surface area contributed by atoms with Crippen molar-refractivity contribution in [3.63, 3.8) is 0 Å². The Labute approximate surface area is 240 Å². The maximum absolute atomic E-state index is 12.7. The second-order valence-corrected chi connectivity index (χ2v) is 10.2. The lowest BCUT2D eigenvalue weighted by Gasteiger charge is -2.12. The summed E-state index contributed by atoms with van der Waals surface area (Å²) in [6, 6.07) is 21.0. The second-order valence-electron chi connectivity index (χ2n) is 8.25. The van der Waals surface area contributed by atoms with E-state index in [1.165, 1.54) is 43.5 Å². The molecule has 0 unspecified atom stereocenters. The van der Waals surface area contributed by atoms with Crippen LogP contribution >= 0.6 is 12.6 Å². The molecule has 0 aliphatic heterocycles. The number of benzene rings is 4. The van der Waals surface area contributed by atoms with Crippen LogP contribution in [0.4, 0.5) is 38.9 Å². The number of hydrogen-bond donors (Lipinski definition) is 4. The first kappa shape index (κ1) is 29.1. The van der Waals surface area contributed by atoms with Crippen LogP contribution in [0.3, 0.4) is 0 Å². The van der Waals surface area contributed by atoms with Gasteiger partial charge < -0.3 is 15.4 Å². The Kier molecular flexibility index (Phi) is 9.19. The van der Waals surface area contributed by atoms with E-state index < -0.39 is 16.1 Å². The first-order valence-corrected chi connectivity index (χ1v) is 13.6. The van der Waals surface area contributed by atoms with Crippen molar-refractivity contribution in [3.05, 3.63) is 90.5 Å². The lowest BCUT2D eigenvalue weighted by molar-refractivity contribution is 0.112. The van der Waals surface area contributed by atoms with E-state index >= 15 is 0 Å². The number of nitrogens with zero attached hydrogens (tertiary/aromatic N) is 4. The number of anilines is 2. The van der Waals surface area contributed by atoms with Crippen molar-refractivity contribution >= 4 is 69.2 Å². The van der Waals surface area contributed by atoms with Gasteiger partial charge in [-0.2, -0.15) is 28.9 Å². The van der Waals surface area contributed by atoms with Gasteiger partial charge in [-0.15, -0.1) is 12.6 Å². The Bertz CT molecular complexity index is 1780. The number of thiol groups is 1. The fraction of sp³-hybridized carbons (Fsp3) is 0.0370. The van der Waals surface area contributed by atoms with Crippen LogP contribution < -0.4 is 15.4 Å². The minimum absolute atomic E-state index is 0.122. The SMILES string of the molecule is COc1cc(N=Nc2cccc(S)c2)ccc1NC(=O)Nc1ccc(N=Nc2cccc(S(=O)(=O)O)c2)cc1C=O. The number of aldehydes is 1. The van der Waals surface area contributed by atoms with Crippen molar-refractivity contribution in [1.82, 2.24) is 0 Å². The molecule has 0 saturated heterocycles. The molecule has 0 fully saturated rings. The van der Waals surface area contributed by atoms with Crippen molar-refractivity contribution in [3.8, 4) is 5.75 Å². The molecule has 0 bridgehead atoms. The molecule has 4 aromatic carbocycles. The molecule has 0 radical (unpaired) electrons. The van der Waals surface area contributed by atoms with Gasteiger partial charge in [-0.3, -0.25) is 9.35 Å². The van der Waals surface area contributed by atoms with Crippen molar-refractivity contribution in [2.24, 2.45) is 20.5 Å². The highest BCUT2D eigenvalue weighted by atomic mass is 32.2. The van der Waals surface area contributed by atoms with E-state index in [2.05, 4.69) is 43.7 Å². The van der Waals surface area contributed by atoms with E-state index in [4.69, 9.17) is 4.74 Å². The van der Waals surface area contributed by atoms with Gasteiger partial charge >= 0.3 is 6.03 Å². The Morgan fingerprint density at radius 1 is 0.805 bits per heavy atom. The lowest BCUT2D eigenvalue weighted by atomic mass is 10.1. The van der Waals surface area contributed by atoms with Gasteiger partial charge in [0.2, 0.25) is 0 Å². The number of urea groups is 1. The molecule has 0 saturated carbocycles. The first-order chi connectivity index (χ1) is 19.6. The van der Waals surface area contributed by atoms with Crippen LogP contribution in [0.2, 0.25) is 0 Å². The number of carbonyl (C=O) groups is 2. The van der Waals surface area contributed by atoms with Gasteiger partial charge in [0, 0.05) is 16.5 Å². The predicted molar refractivity (Wildman–Crippen MR) is 156 cm³/mol. The highest BCUT2D eigenvalue weighted by molar-refractivity contribution is 7.85. The fourth-order valence-corrected chi connectivity index (χ4v) is 4.18. The Morgan fingerprint density at radius 3 is 1.98 bits per heavy atom. The van der Waals surface area contributed by atoms with Crippen LogP contribution in [0.5, 0.6) is 5.75 Å². The van der Waals surface area contributed by atoms with E-state index in [1.807, 2.05) is 12.1 Å². The van der Waals surface area contributed by atoms with Gasteiger partial charge in [0.05, 0.1) is 46.1 Å².